The minimum absolute atomic E-state index is 0.307. The van der Waals surface area contributed by atoms with Gasteiger partial charge in [0.1, 0.15) is 5.75 Å². The summed E-state index contributed by atoms with van der Waals surface area (Å²) in [6, 6.07) is 15.3. The van der Waals surface area contributed by atoms with E-state index in [2.05, 4.69) is 41.7 Å². The van der Waals surface area contributed by atoms with Crippen LogP contribution in [0.2, 0.25) is 0 Å². The zero-order chi connectivity index (χ0) is 21.9. The predicted octanol–water partition coefficient (Wildman–Crippen LogP) is 8.39. The lowest BCUT2D eigenvalue weighted by Crippen LogP contribution is -2.13. The minimum atomic E-state index is -0.307. The Labute approximate surface area is 201 Å². The van der Waals surface area contributed by atoms with Crippen LogP contribution in [-0.2, 0) is 6.42 Å². The van der Waals surface area contributed by atoms with Gasteiger partial charge in [0.25, 0.3) is 0 Å². The Hall–Kier alpha value is -1.62. The van der Waals surface area contributed by atoms with Gasteiger partial charge in [-0.05, 0) is 115 Å². The summed E-state index contributed by atoms with van der Waals surface area (Å²) in [5, 5.41) is 0. The van der Waals surface area contributed by atoms with Crippen molar-refractivity contribution in [1.29, 1.82) is 0 Å². The van der Waals surface area contributed by atoms with Crippen LogP contribution in [0.25, 0.3) is 0 Å². The van der Waals surface area contributed by atoms with Crippen molar-refractivity contribution in [2.24, 2.45) is 11.8 Å². The molecule has 0 atom stereocenters. The van der Waals surface area contributed by atoms with E-state index in [-0.39, 0.29) is 5.97 Å². The second kappa shape index (κ2) is 13.0. The lowest BCUT2D eigenvalue weighted by Gasteiger charge is -2.26. The number of ether oxygens (including phenoxy) is 1. The first-order valence-corrected chi connectivity index (χ1v) is 12.9. The highest BCUT2D eigenvalue weighted by Gasteiger charge is 2.18. The Balaban J connectivity index is 1.36. The molecule has 1 aliphatic rings. The molecule has 1 fully saturated rings. The molecule has 0 heterocycles. The summed E-state index contributed by atoms with van der Waals surface area (Å²) in [7, 11) is 0. The molecule has 0 unspecified atom stereocenters. The van der Waals surface area contributed by atoms with Gasteiger partial charge in [0.15, 0.2) is 0 Å². The van der Waals surface area contributed by atoms with Crippen molar-refractivity contribution < 1.29 is 9.53 Å². The fourth-order valence-corrected chi connectivity index (χ4v) is 4.73. The number of hydrogen-bond acceptors (Lipinski definition) is 2. The van der Waals surface area contributed by atoms with Gasteiger partial charge in [-0.25, -0.2) is 4.79 Å². The Bertz CT molecular complexity index is 815. The highest BCUT2D eigenvalue weighted by Crippen LogP contribution is 2.32. The van der Waals surface area contributed by atoms with Crippen molar-refractivity contribution in [2.75, 3.05) is 0 Å². The maximum atomic E-state index is 12.3. The number of benzene rings is 2. The molecule has 2 nitrogen and oxygen atoms in total. The van der Waals surface area contributed by atoms with Crippen molar-refractivity contribution in [1.82, 2.24) is 0 Å². The molecule has 1 saturated carbocycles. The Morgan fingerprint density at radius 3 is 2.39 bits per heavy atom. The molecule has 166 valence electrons. The fraction of sp³-hybridized carbons (Fsp3) is 0.464. The molecule has 2 aromatic rings. The van der Waals surface area contributed by atoms with Gasteiger partial charge >= 0.3 is 5.97 Å². The maximum Gasteiger partial charge on any atom is 0.343 e. The number of hydrogen-bond donors (Lipinski definition) is 0. The Morgan fingerprint density at radius 2 is 1.71 bits per heavy atom. The van der Waals surface area contributed by atoms with Crippen LogP contribution in [0.3, 0.4) is 0 Å². The zero-order valence-corrected chi connectivity index (χ0v) is 20.9. The standard InChI is InChI=1S/C28H35IO2/c1-2-3-4-7-22-10-12-23(13-11-22)8-5-6-9-24-14-16-25(17-15-24)28(30)31-27-20-18-26(29)19-21-27/h5,8,14-23H,2-4,6-7,9-13H2,1H3/b8-5+/t22-,23-. The summed E-state index contributed by atoms with van der Waals surface area (Å²) in [6.07, 6.45) is 18.0. The number of carbonyl (C=O) groups is 1. The largest absolute Gasteiger partial charge is 0.423 e. The number of aryl methyl sites for hydroxylation is 1. The summed E-state index contributed by atoms with van der Waals surface area (Å²) < 4.78 is 6.56. The maximum absolute atomic E-state index is 12.3. The number of carbonyl (C=O) groups excluding carboxylic acids is 1. The van der Waals surface area contributed by atoms with E-state index in [9.17, 15) is 4.79 Å². The third kappa shape index (κ3) is 8.44. The van der Waals surface area contributed by atoms with Crippen LogP contribution in [0.1, 0.15) is 80.6 Å². The molecule has 31 heavy (non-hydrogen) atoms. The van der Waals surface area contributed by atoms with E-state index in [4.69, 9.17) is 4.74 Å². The summed E-state index contributed by atoms with van der Waals surface area (Å²) in [4.78, 5) is 12.3. The molecule has 0 radical (unpaired) electrons. The van der Waals surface area contributed by atoms with Crippen LogP contribution in [0.4, 0.5) is 0 Å². The van der Waals surface area contributed by atoms with Crippen molar-refractivity contribution in [3.63, 3.8) is 0 Å². The molecule has 1 aliphatic carbocycles. The van der Waals surface area contributed by atoms with Gasteiger partial charge < -0.3 is 4.74 Å². The van der Waals surface area contributed by atoms with Crippen molar-refractivity contribution in [2.45, 2.75) is 71.1 Å². The molecule has 0 amide bonds. The summed E-state index contributed by atoms with van der Waals surface area (Å²) >= 11 is 2.23. The molecule has 3 rings (SSSR count). The molecule has 2 aromatic carbocycles. The lowest BCUT2D eigenvalue weighted by molar-refractivity contribution is 0.0734. The minimum Gasteiger partial charge on any atom is -0.423 e. The van der Waals surface area contributed by atoms with E-state index in [1.807, 2.05) is 48.5 Å². The van der Waals surface area contributed by atoms with Crippen LogP contribution >= 0.6 is 22.6 Å². The van der Waals surface area contributed by atoms with Gasteiger partial charge in [-0.3, -0.25) is 0 Å². The van der Waals surface area contributed by atoms with Crippen molar-refractivity contribution in [3.8, 4) is 5.75 Å². The van der Waals surface area contributed by atoms with Gasteiger partial charge in [0.2, 0.25) is 0 Å². The summed E-state index contributed by atoms with van der Waals surface area (Å²) in [5.41, 5.74) is 1.85. The van der Waals surface area contributed by atoms with E-state index < -0.39 is 0 Å². The number of halogens is 1. The lowest BCUT2D eigenvalue weighted by atomic mass is 9.79. The predicted molar refractivity (Wildman–Crippen MR) is 138 cm³/mol. The van der Waals surface area contributed by atoms with Crippen molar-refractivity contribution in [3.05, 3.63) is 75.4 Å². The van der Waals surface area contributed by atoms with Crippen LogP contribution in [0.5, 0.6) is 5.75 Å². The Morgan fingerprint density at radius 1 is 1.00 bits per heavy atom. The van der Waals surface area contributed by atoms with Crippen LogP contribution in [0.15, 0.2) is 60.7 Å². The first-order valence-electron chi connectivity index (χ1n) is 11.9. The first-order chi connectivity index (χ1) is 15.1. The average Bonchev–Trinajstić information content (AvgIpc) is 2.80. The van der Waals surface area contributed by atoms with Crippen LogP contribution < -0.4 is 4.74 Å². The third-order valence-corrected chi connectivity index (χ3v) is 7.05. The van der Waals surface area contributed by atoms with E-state index in [0.29, 0.717) is 11.3 Å². The number of allylic oxidation sites excluding steroid dienone is 2. The summed E-state index contributed by atoms with van der Waals surface area (Å²) in [5.74, 6) is 2.03. The molecule has 0 aliphatic heterocycles. The summed E-state index contributed by atoms with van der Waals surface area (Å²) in [6.45, 7) is 2.29. The molecule has 0 aromatic heterocycles. The molecule has 0 bridgehead atoms. The number of rotatable bonds is 10. The highest BCUT2D eigenvalue weighted by atomic mass is 127. The molecule has 3 heteroatoms. The SMILES string of the molecule is CCCCC[C@H]1CC[C@H](/C=C/CCc2ccc(C(=O)Oc3ccc(I)cc3)cc2)CC1. The first kappa shape index (κ1) is 24.0. The number of unbranched alkanes of at least 4 members (excludes halogenated alkanes) is 2. The molecular weight excluding hydrogens is 495 g/mol. The topological polar surface area (TPSA) is 26.3 Å². The molecule has 0 spiro atoms. The zero-order valence-electron chi connectivity index (χ0n) is 18.7. The fourth-order valence-electron chi connectivity index (χ4n) is 4.37. The van der Waals surface area contributed by atoms with E-state index in [0.717, 1.165) is 28.2 Å². The van der Waals surface area contributed by atoms with Gasteiger partial charge in [-0.1, -0.05) is 56.9 Å². The van der Waals surface area contributed by atoms with E-state index in [1.54, 1.807) is 0 Å². The van der Waals surface area contributed by atoms with Gasteiger partial charge in [0.05, 0.1) is 5.56 Å². The van der Waals surface area contributed by atoms with Crippen LogP contribution in [-0.4, -0.2) is 5.97 Å². The number of esters is 1. The Kier molecular flexibility index (Phi) is 10.1. The molecule has 0 N–H and O–H groups in total. The van der Waals surface area contributed by atoms with Crippen molar-refractivity contribution >= 4 is 28.6 Å². The second-order valence-corrected chi connectivity index (χ2v) is 10.0. The normalized spacial score (nSPS) is 18.9. The highest BCUT2D eigenvalue weighted by molar-refractivity contribution is 14.1. The van der Waals surface area contributed by atoms with E-state index in [1.165, 1.54) is 56.9 Å². The van der Waals surface area contributed by atoms with Gasteiger partial charge in [0, 0.05) is 3.57 Å². The monoisotopic (exact) mass is 530 g/mol. The third-order valence-electron chi connectivity index (χ3n) is 6.33. The van der Waals surface area contributed by atoms with Crippen LogP contribution in [0, 0.1) is 15.4 Å². The van der Waals surface area contributed by atoms with Gasteiger partial charge in [-0.2, -0.15) is 0 Å². The van der Waals surface area contributed by atoms with Gasteiger partial charge in [-0.15, -0.1) is 0 Å². The molecular formula is C28H35IO2. The average molecular weight is 530 g/mol. The second-order valence-electron chi connectivity index (χ2n) is 8.78. The smallest absolute Gasteiger partial charge is 0.343 e. The van der Waals surface area contributed by atoms with E-state index >= 15 is 0 Å². The molecule has 0 saturated heterocycles. The quantitative estimate of drug-likeness (QED) is 0.101.